The van der Waals surface area contributed by atoms with Gasteiger partial charge in [0.1, 0.15) is 0 Å². The van der Waals surface area contributed by atoms with Crippen molar-refractivity contribution < 1.29 is 0 Å². The number of anilines is 1. The summed E-state index contributed by atoms with van der Waals surface area (Å²) in [4.78, 5) is 17.6. The van der Waals surface area contributed by atoms with Crippen LogP contribution in [0.3, 0.4) is 0 Å². The van der Waals surface area contributed by atoms with E-state index in [-0.39, 0.29) is 5.56 Å². The van der Waals surface area contributed by atoms with E-state index in [1.807, 2.05) is 78.9 Å². The first-order chi connectivity index (χ1) is 12.8. The number of hydrogen-bond acceptors (Lipinski definition) is 4. The second-order valence-electron chi connectivity index (χ2n) is 5.71. The summed E-state index contributed by atoms with van der Waals surface area (Å²) >= 11 is 0. The van der Waals surface area contributed by atoms with Crippen LogP contribution in [0.2, 0.25) is 0 Å². The molecule has 0 unspecified atom stereocenters. The Morgan fingerprint density at radius 1 is 0.846 bits per heavy atom. The molecule has 26 heavy (non-hydrogen) atoms. The molecule has 5 nitrogen and oxygen atoms in total. The summed E-state index contributed by atoms with van der Waals surface area (Å²) in [7, 11) is 0. The quantitative estimate of drug-likeness (QED) is 0.454. The lowest BCUT2D eigenvalue weighted by Gasteiger charge is -2.12. The molecular formula is C21H16N4O. The smallest absolute Gasteiger partial charge is 0.267 e. The van der Waals surface area contributed by atoms with Crippen LogP contribution in [0, 0.1) is 0 Å². The predicted molar refractivity (Wildman–Crippen MR) is 105 cm³/mol. The van der Waals surface area contributed by atoms with E-state index >= 15 is 0 Å². The fourth-order valence-corrected chi connectivity index (χ4v) is 2.73. The van der Waals surface area contributed by atoms with Crippen LogP contribution in [-0.2, 0) is 0 Å². The van der Waals surface area contributed by atoms with E-state index in [0.717, 1.165) is 11.3 Å². The lowest BCUT2D eigenvalue weighted by molar-refractivity contribution is 0.956. The third-order valence-corrected chi connectivity index (χ3v) is 3.97. The lowest BCUT2D eigenvalue weighted by Crippen LogP contribution is -2.22. The third kappa shape index (κ3) is 3.10. The van der Waals surface area contributed by atoms with E-state index in [4.69, 9.17) is 0 Å². The number of hydrazone groups is 1. The minimum absolute atomic E-state index is 0.140. The summed E-state index contributed by atoms with van der Waals surface area (Å²) in [6.45, 7) is 0. The van der Waals surface area contributed by atoms with Gasteiger partial charge in [0.05, 0.1) is 22.8 Å². The third-order valence-electron chi connectivity index (χ3n) is 3.97. The molecule has 0 aliphatic carbocycles. The molecule has 0 saturated carbocycles. The molecule has 0 aliphatic rings. The normalized spacial score (nSPS) is 11.1. The van der Waals surface area contributed by atoms with Gasteiger partial charge in [0, 0.05) is 0 Å². The Kier molecular flexibility index (Phi) is 4.26. The Bertz CT molecular complexity index is 1120. The number of nitrogens with one attached hydrogen (secondary N) is 1. The van der Waals surface area contributed by atoms with Crippen LogP contribution in [-0.4, -0.2) is 15.8 Å². The van der Waals surface area contributed by atoms with E-state index in [9.17, 15) is 4.79 Å². The fourth-order valence-electron chi connectivity index (χ4n) is 2.73. The maximum atomic E-state index is 13.0. The number of rotatable bonds is 4. The molecule has 4 rings (SSSR count). The zero-order chi connectivity index (χ0) is 17.8. The minimum atomic E-state index is -0.140. The van der Waals surface area contributed by atoms with Crippen molar-refractivity contribution in [3.8, 4) is 5.69 Å². The number of benzene rings is 3. The molecule has 0 aliphatic heterocycles. The lowest BCUT2D eigenvalue weighted by atomic mass is 10.2. The number of para-hydroxylation sites is 2. The molecule has 1 heterocycles. The topological polar surface area (TPSA) is 59.3 Å². The molecule has 126 valence electrons. The summed E-state index contributed by atoms with van der Waals surface area (Å²) < 4.78 is 1.53. The fraction of sp³-hybridized carbons (Fsp3) is 0. The molecule has 0 amide bonds. The van der Waals surface area contributed by atoms with Crippen molar-refractivity contribution in [3.63, 3.8) is 0 Å². The van der Waals surface area contributed by atoms with E-state index < -0.39 is 0 Å². The van der Waals surface area contributed by atoms with Crippen LogP contribution < -0.4 is 11.0 Å². The first kappa shape index (κ1) is 15.8. The zero-order valence-electron chi connectivity index (χ0n) is 13.9. The van der Waals surface area contributed by atoms with Gasteiger partial charge in [-0.2, -0.15) is 5.10 Å². The average Bonchev–Trinajstić information content (AvgIpc) is 2.70. The Labute approximate surface area is 150 Å². The van der Waals surface area contributed by atoms with Crippen LogP contribution in [0.15, 0.2) is 94.8 Å². The molecule has 1 N–H and O–H groups in total. The van der Waals surface area contributed by atoms with Gasteiger partial charge in [-0.05, 0) is 29.8 Å². The van der Waals surface area contributed by atoms with Crippen LogP contribution in [0.4, 0.5) is 5.95 Å². The van der Waals surface area contributed by atoms with E-state index in [1.165, 1.54) is 4.57 Å². The standard InChI is InChI=1S/C21H16N4O/c26-20-18-13-7-8-14-19(18)23-21(25(20)17-11-5-2-6-12-17)24-22-15-16-9-3-1-4-10-16/h1-15H,(H,23,24)/b22-15-. The first-order valence-corrected chi connectivity index (χ1v) is 8.24. The molecular weight excluding hydrogens is 324 g/mol. The summed E-state index contributed by atoms with van der Waals surface area (Å²) in [5.41, 5.74) is 5.08. The van der Waals surface area contributed by atoms with Crippen molar-refractivity contribution in [3.05, 3.63) is 101 Å². The molecule has 0 spiro atoms. The molecule has 0 bridgehead atoms. The molecule has 0 atom stereocenters. The number of fused-ring (bicyclic) bond motifs is 1. The van der Waals surface area contributed by atoms with Gasteiger partial charge < -0.3 is 0 Å². The summed E-state index contributed by atoms with van der Waals surface area (Å²) in [5, 5.41) is 4.81. The predicted octanol–water partition coefficient (Wildman–Crippen LogP) is 3.83. The highest BCUT2D eigenvalue weighted by molar-refractivity contribution is 5.81. The minimum Gasteiger partial charge on any atom is -0.268 e. The maximum absolute atomic E-state index is 13.0. The Morgan fingerprint density at radius 2 is 1.50 bits per heavy atom. The number of nitrogens with zero attached hydrogens (tertiary/aromatic N) is 3. The second kappa shape index (κ2) is 7.03. The van der Waals surface area contributed by atoms with Gasteiger partial charge in [-0.1, -0.05) is 60.7 Å². The van der Waals surface area contributed by atoms with Crippen molar-refractivity contribution in [1.82, 2.24) is 9.55 Å². The van der Waals surface area contributed by atoms with Crippen molar-refractivity contribution in [2.75, 3.05) is 5.43 Å². The van der Waals surface area contributed by atoms with Crippen LogP contribution in [0.1, 0.15) is 5.56 Å². The van der Waals surface area contributed by atoms with Crippen molar-refractivity contribution in [1.29, 1.82) is 0 Å². The van der Waals surface area contributed by atoms with E-state index in [2.05, 4.69) is 15.5 Å². The summed E-state index contributed by atoms with van der Waals surface area (Å²) in [5.74, 6) is 0.368. The van der Waals surface area contributed by atoms with Crippen LogP contribution in [0.5, 0.6) is 0 Å². The summed E-state index contributed by atoms with van der Waals surface area (Å²) in [6.07, 6.45) is 1.69. The van der Waals surface area contributed by atoms with E-state index in [1.54, 1.807) is 12.3 Å². The average molecular weight is 340 g/mol. The van der Waals surface area contributed by atoms with Crippen LogP contribution in [0.25, 0.3) is 16.6 Å². The highest BCUT2D eigenvalue weighted by atomic mass is 16.1. The maximum Gasteiger partial charge on any atom is 0.267 e. The Hall–Kier alpha value is -3.73. The molecule has 0 saturated heterocycles. The number of hydrogen-bond donors (Lipinski definition) is 1. The van der Waals surface area contributed by atoms with Gasteiger partial charge in [0.25, 0.3) is 5.56 Å². The molecule has 4 aromatic rings. The van der Waals surface area contributed by atoms with E-state index in [0.29, 0.717) is 16.9 Å². The molecule has 5 heteroatoms. The van der Waals surface area contributed by atoms with Crippen molar-refractivity contribution in [2.24, 2.45) is 5.10 Å². The van der Waals surface area contributed by atoms with Gasteiger partial charge in [-0.25, -0.2) is 15.0 Å². The monoisotopic (exact) mass is 340 g/mol. The molecule has 0 fully saturated rings. The van der Waals surface area contributed by atoms with Gasteiger partial charge in [0.15, 0.2) is 0 Å². The molecule has 0 radical (unpaired) electrons. The second-order valence-corrected chi connectivity index (χ2v) is 5.71. The highest BCUT2D eigenvalue weighted by Crippen LogP contribution is 2.16. The van der Waals surface area contributed by atoms with Crippen molar-refractivity contribution in [2.45, 2.75) is 0 Å². The first-order valence-electron chi connectivity index (χ1n) is 8.24. The van der Waals surface area contributed by atoms with Gasteiger partial charge in [-0.3, -0.25) is 4.79 Å². The zero-order valence-corrected chi connectivity index (χ0v) is 13.9. The molecule has 3 aromatic carbocycles. The summed E-state index contributed by atoms with van der Waals surface area (Å²) in [6, 6.07) is 26.4. The SMILES string of the molecule is O=c1c2ccccc2nc(N/N=C\c2ccccc2)n1-c1ccccc1. The van der Waals surface area contributed by atoms with Crippen molar-refractivity contribution >= 4 is 23.1 Å². The highest BCUT2D eigenvalue weighted by Gasteiger charge is 2.11. The van der Waals surface area contributed by atoms with Crippen LogP contribution >= 0.6 is 0 Å². The Morgan fingerprint density at radius 3 is 2.27 bits per heavy atom. The largest absolute Gasteiger partial charge is 0.268 e. The van der Waals surface area contributed by atoms with Gasteiger partial charge in [-0.15, -0.1) is 0 Å². The number of aromatic nitrogens is 2. The van der Waals surface area contributed by atoms with Gasteiger partial charge >= 0.3 is 0 Å². The Balaban J connectivity index is 1.82. The van der Waals surface area contributed by atoms with Gasteiger partial charge in [0.2, 0.25) is 5.95 Å². The molecule has 1 aromatic heterocycles.